The number of hydrogen-bond acceptors (Lipinski definition) is 3. The van der Waals surface area contributed by atoms with Gasteiger partial charge in [-0.1, -0.05) is 0 Å². The van der Waals surface area contributed by atoms with Gasteiger partial charge in [0.1, 0.15) is 0 Å². The van der Waals surface area contributed by atoms with Crippen LogP contribution in [0.1, 0.15) is 0 Å². The summed E-state index contributed by atoms with van der Waals surface area (Å²) in [4.78, 5) is 8.56. The number of rotatable bonds is 0. The summed E-state index contributed by atoms with van der Waals surface area (Å²) in [5.41, 5.74) is 0. The first-order valence-electron chi connectivity index (χ1n) is 1.06. The van der Waals surface area contributed by atoms with E-state index >= 15 is 0 Å². The van der Waals surface area contributed by atoms with Crippen LogP contribution < -0.4 is 0 Å². The standard InChI is InChI=1S/CH2O3.2Bi.O.S.2H/c2-1(3)4;;;;;;/h(H2,2,3,4);;;;;;. The molecule has 0 aromatic heterocycles. The van der Waals surface area contributed by atoms with Crippen LogP contribution in [0.15, 0.2) is 0 Å². The molecule has 4 nitrogen and oxygen atoms in total. The molecule has 0 spiro atoms. The van der Waals surface area contributed by atoms with Gasteiger partial charge in [0.2, 0.25) is 0 Å². The molecule has 2 N–H and O–H groups in total. The minimum absolute atomic E-state index is 0.0556. The summed E-state index contributed by atoms with van der Waals surface area (Å²) in [6.45, 7) is 0. The van der Waals surface area contributed by atoms with Gasteiger partial charge in [0, 0.05) is 0 Å². The first kappa shape index (κ1) is 16.0. The van der Waals surface area contributed by atoms with Gasteiger partial charge in [-0.3, -0.25) is 0 Å². The van der Waals surface area contributed by atoms with Crippen molar-refractivity contribution in [2.75, 3.05) is 0 Å². The third-order valence-electron chi connectivity index (χ3n) is 0. The van der Waals surface area contributed by atoms with Crippen molar-refractivity contribution < 1.29 is 17.8 Å². The van der Waals surface area contributed by atoms with Crippen LogP contribution in [0.3, 0.4) is 0 Å². The molecular weight excluding hydrogens is 526 g/mol. The molecule has 0 unspecified atom stereocenters. The predicted molar refractivity (Wildman–Crippen MR) is 33.2 cm³/mol. The van der Waals surface area contributed by atoms with E-state index < -0.39 is 6.16 Å². The van der Waals surface area contributed by atoms with E-state index in [4.69, 9.17) is 17.8 Å². The number of carbonyl (C=O) groups is 1. The van der Waals surface area contributed by atoms with Crippen molar-refractivity contribution in [2.45, 2.75) is 0 Å². The van der Waals surface area contributed by atoms with Crippen LogP contribution in [-0.2, 0) is 2.81 Å². The van der Waals surface area contributed by atoms with Gasteiger partial charge in [0.15, 0.2) is 0 Å². The Labute approximate surface area is 79.4 Å². The molecule has 0 atom stereocenters. The van der Waals surface area contributed by atoms with Crippen molar-refractivity contribution in [1.29, 1.82) is 0 Å². The van der Waals surface area contributed by atoms with Crippen molar-refractivity contribution in [3.05, 3.63) is 0 Å². The van der Waals surface area contributed by atoms with Crippen molar-refractivity contribution in [2.24, 2.45) is 0 Å². The van der Waals surface area contributed by atoms with Gasteiger partial charge >= 0.3 is 65.2 Å². The third-order valence-corrected chi connectivity index (χ3v) is 0. The van der Waals surface area contributed by atoms with Crippen molar-refractivity contribution in [3.63, 3.8) is 0 Å². The second-order valence-corrected chi connectivity index (χ2v) is 0.283. The van der Waals surface area contributed by atoms with Crippen LogP contribution in [0.25, 0.3) is 0 Å². The summed E-state index contributed by atoms with van der Waals surface area (Å²) >= 11 is 0.944. The first-order valence-corrected chi connectivity index (χ1v) is 7.82. The van der Waals surface area contributed by atoms with E-state index in [0.717, 1.165) is 22.7 Å². The van der Waals surface area contributed by atoms with Gasteiger partial charge in [-0.05, 0) is 0 Å². The minimum atomic E-state index is -1.83. The molecule has 8 heavy (non-hydrogen) atoms. The monoisotopic (exact) mass is 530 g/mol. The van der Waals surface area contributed by atoms with Crippen LogP contribution in [0.4, 0.5) is 4.79 Å². The summed E-state index contributed by atoms with van der Waals surface area (Å²) in [6.07, 6.45) is -1.83. The van der Waals surface area contributed by atoms with E-state index in [9.17, 15) is 0 Å². The Morgan fingerprint density at radius 3 is 1.25 bits per heavy atom. The molecule has 0 saturated carbocycles. The third kappa shape index (κ3) is 232. The summed E-state index contributed by atoms with van der Waals surface area (Å²) in [5.74, 6) is 0. The maximum absolute atomic E-state index is 8.56. The Bertz CT molecular complexity index is 52.0. The molecule has 0 saturated heterocycles. The molecule has 7 heteroatoms. The molecule has 0 aliphatic heterocycles. The van der Waals surface area contributed by atoms with E-state index in [1.54, 1.807) is 0 Å². The average molecular weight is 530 g/mol. The molecular formula is CH4Bi2O4S. The van der Waals surface area contributed by atoms with Crippen LogP contribution >= 0.6 is 8.86 Å². The Morgan fingerprint density at radius 1 is 1.25 bits per heavy atom. The normalized spacial score (nSPS) is 4.00. The molecule has 0 amide bonds. The van der Waals surface area contributed by atoms with Gasteiger partial charge < -0.3 is 10.2 Å². The summed E-state index contributed by atoms with van der Waals surface area (Å²) in [6, 6.07) is 0. The number of hydrogen-bond donors (Lipinski definition) is 2. The van der Waals surface area contributed by atoms with E-state index in [1.165, 1.54) is 0 Å². The summed E-state index contributed by atoms with van der Waals surface area (Å²) in [5, 5.41) is 13.9. The Kier molecular flexibility index (Phi) is 48.8. The quantitative estimate of drug-likeness (QED) is 0.412. The van der Waals surface area contributed by atoms with Gasteiger partial charge in [-0.25, -0.2) is 4.79 Å². The zero-order valence-corrected chi connectivity index (χ0v) is 12.2. The fourth-order valence-electron chi connectivity index (χ4n) is 0. The van der Waals surface area contributed by atoms with Crippen LogP contribution in [0.2, 0.25) is 0 Å². The van der Waals surface area contributed by atoms with E-state index in [0.29, 0.717) is 0 Å². The topological polar surface area (TPSA) is 74.6 Å². The van der Waals surface area contributed by atoms with E-state index in [1.807, 2.05) is 0 Å². The molecule has 0 heterocycles. The number of carboxylic acid groups (broad SMARTS) is 2. The maximum atomic E-state index is 8.56. The SMILES string of the molecule is O=C(O)O.[O]=[BiH].[S]=[BiH]. The first-order chi connectivity index (χ1) is 3.73. The van der Waals surface area contributed by atoms with Crippen molar-refractivity contribution in [1.82, 2.24) is 0 Å². The molecule has 0 bridgehead atoms. The molecule has 0 radical (unpaired) electrons. The predicted octanol–water partition coefficient (Wildman–Crippen LogP) is -0.545. The van der Waals surface area contributed by atoms with Gasteiger partial charge in [0.25, 0.3) is 0 Å². The van der Waals surface area contributed by atoms with Crippen molar-refractivity contribution >= 4 is 62.4 Å². The molecule has 0 aliphatic carbocycles. The van der Waals surface area contributed by atoms with Crippen LogP contribution in [-0.4, -0.2) is 63.8 Å². The molecule has 0 aliphatic rings. The Balaban J connectivity index is -0.0000000542. The zero-order valence-electron chi connectivity index (χ0n) is 3.62. The fourth-order valence-corrected chi connectivity index (χ4v) is 0. The van der Waals surface area contributed by atoms with Crippen molar-refractivity contribution in [3.8, 4) is 0 Å². The average Bonchev–Trinajstić information content (AvgIpc) is 1.75. The fraction of sp³-hybridized carbons (Fsp3) is 0. The second kappa shape index (κ2) is 24.4. The molecule has 0 aromatic carbocycles. The van der Waals surface area contributed by atoms with Gasteiger partial charge in [0.05, 0.1) is 0 Å². The Hall–Kier alpha value is 1.06. The van der Waals surface area contributed by atoms with Crippen LogP contribution in [0, 0.1) is 0 Å². The second-order valence-electron chi connectivity index (χ2n) is 0.283. The molecule has 0 aromatic rings. The molecule has 48 valence electrons. The Morgan fingerprint density at radius 2 is 1.25 bits per heavy atom. The van der Waals surface area contributed by atoms with Crippen LogP contribution in [0.5, 0.6) is 0 Å². The molecule has 0 rings (SSSR count). The van der Waals surface area contributed by atoms with Gasteiger partial charge in [-0.15, -0.1) is 0 Å². The van der Waals surface area contributed by atoms with E-state index in [-0.39, 0.29) is 24.7 Å². The summed E-state index contributed by atoms with van der Waals surface area (Å²) < 4.78 is 8.39. The van der Waals surface area contributed by atoms with Gasteiger partial charge in [-0.2, -0.15) is 0 Å². The van der Waals surface area contributed by atoms with E-state index in [2.05, 4.69) is 8.86 Å². The zero-order chi connectivity index (χ0) is 7.58. The molecule has 0 fully saturated rings. The summed E-state index contributed by atoms with van der Waals surface area (Å²) in [7, 11) is 4.22.